The quantitative estimate of drug-likeness (QED) is 0.802. The highest BCUT2D eigenvalue weighted by atomic mass is 16.4. The average Bonchev–Trinajstić information content (AvgIpc) is 2.18. The van der Waals surface area contributed by atoms with E-state index in [1.807, 2.05) is 0 Å². The second-order valence-electron chi connectivity index (χ2n) is 4.10. The Kier molecular flexibility index (Phi) is 4.35. The number of carboxylic acids is 1. The van der Waals surface area contributed by atoms with Gasteiger partial charge < -0.3 is 5.11 Å². The molecule has 82 valence electrons. The Morgan fingerprint density at radius 3 is 2.47 bits per heavy atom. The molecule has 0 amide bonds. The first kappa shape index (κ1) is 11.8. The van der Waals surface area contributed by atoms with E-state index < -0.39 is 5.97 Å². The summed E-state index contributed by atoms with van der Waals surface area (Å²) in [5.74, 6) is -0.254. The number of carbonyl (C=O) groups is 1. The van der Waals surface area contributed by atoms with Crippen LogP contribution in [0.15, 0.2) is 24.3 Å². The monoisotopic (exact) mass is 206 g/mol. The van der Waals surface area contributed by atoms with Crippen molar-refractivity contribution in [3.05, 3.63) is 35.4 Å². The highest BCUT2D eigenvalue weighted by Crippen LogP contribution is 2.21. The Balaban J connectivity index is 2.43. The molecular weight excluding hydrogens is 188 g/mol. The SMILES string of the molecule is Cc1ccc(C(C)CCCC(=O)O)cc1. The molecule has 1 unspecified atom stereocenters. The molecular formula is C13H18O2. The van der Waals surface area contributed by atoms with Crippen LogP contribution in [0, 0.1) is 6.92 Å². The number of aryl methyl sites for hydroxylation is 1. The molecule has 0 aliphatic carbocycles. The summed E-state index contributed by atoms with van der Waals surface area (Å²) in [7, 11) is 0. The summed E-state index contributed by atoms with van der Waals surface area (Å²) in [6, 6.07) is 8.45. The molecule has 1 atom stereocenters. The largest absolute Gasteiger partial charge is 0.481 e. The summed E-state index contributed by atoms with van der Waals surface area (Å²) in [6.45, 7) is 4.21. The van der Waals surface area contributed by atoms with E-state index in [-0.39, 0.29) is 6.42 Å². The summed E-state index contributed by atoms with van der Waals surface area (Å²) in [5.41, 5.74) is 2.56. The topological polar surface area (TPSA) is 37.3 Å². The molecule has 0 aliphatic rings. The van der Waals surface area contributed by atoms with E-state index in [1.54, 1.807) is 0 Å². The van der Waals surface area contributed by atoms with E-state index in [1.165, 1.54) is 11.1 Å². The summed E-state index contributed by atoms with van der Waals surface area (Å²) in [4.78, 5) is 10.4. The molecule has 15 heavy (non-hydrogen) atoms. The molecule has 0 radical (unpaired) electrons. The van der Waals surface area contributed by atoms with Gasteiger partial charge in [-0.2, -0.15) is 0 Å². The zero-order chi connectivity index (χ0) is 11.3. The predicted molar refractivity (Wildman–Crippen MR) is 61.1 cm³/mol. The van der Waals surface area contributed by atoms with Gasteiger partial charge in [-0.25, -0.2) is 0 Å². The number of rotatable bonds is 5. The molecule has 0 aliphatic heterocycles. The molecule has 0 bridgehead atoms. The Morgan fingerprint density at radius 1 is 1.33 bits per heavy atom. The van der Waals surface area contributed by atoms with Crippen molar-refractivity contribution in [1.82, 2.24) is 0 Å². The molecule has 1 N–H and O–H groups in total. The minimum atomic E-state index is -0.703. The van der Waals surface area contributed by atoms with Gasteiger partial charge in [0, 0.05) is 6.42 Å². The van der Waals surface area contributed by atoms with Crippen LogP contribution >= 0.6 is 0 Å². The lowest BCUT2D eigenvalue weighted by atomic mass is 9.95. The van der Waals surface area contributed by atoms with Crippen LogP contribution in [-0.2, 0) is 4.79 Å². The fourth-order valence-corrected chi connectivity index (χ4v) is 1.62. The zero-order valence-corrected chi connectivity index (χ0v) is 9.36. The lowest BCUT2D eigenvalue weighted by Crippen LogP contribution is -1.98. The van der Waals surface area contributed by atoms with E-state index in [9.17, 15) is 4.79 Å². The van der Waals surface area contributed by atoms with Crippen molar-refractivity contribution in [2.24, 2.45) is 0 Å². The molecule has 1 aromatic rings. The second kappa shape index (κ2) is 5.54. The minimum Gasteiger partial charge on any atom is -0.481 e. The van der Waals surface area contributed by atoms with Crippen LogP contribution in [-0.4, -0.2) is 11.1 Å². The molecule has 0 saturated carbocycles. The van der Waals surface area contributed by atoms with Crippen LogP contribution in [0.2, 0.25) is 0 Å². The highest BCUT2D eigenvalue weighted by Gasteiger charge is 2.06. The standard InChI is InChI=1S/C13H18O2/c1-10-6-8-12(9-7-10)11(2)4-3-5-13(14)15/h6-9,11H,3-5H2,1-2H3,(H,14,15). The molecule has 0 spiro atoms. The van der Waals surface area contributed by atoms with Crippen LogP contribution in [0.25, 0.3) is 0 Å². The van der Waals surface area contributed by atoms with Gasteiger partial charge >= 0.3 is 5.97 Å². The highest BCUT2D eigenvalue weighted by molar-refractivity contribution is 5.66. The number of hydrogen-bond acceptors (Lipinski definition) is 1. The molecule has 1 aromatic carbocycles. The van der Waals surface area contributed by atoms with Crippen molar-refractivity contribution in [3.63, 3.8) is 0 Å². The van der Waals surface area contributed by atoms with Gasteiger partial charge in [0.05, 0.1) is 0 Å². The number of aliphatic carboxylic acids is 1. The maximum absolute atomic E-state index is 10.4. The van der Waals surface area contributed by atoms with Crippen molar-refractivity contribution in [2.75, 3.05) is 0 Å². The Morgan fingerprint density at radius 2 is 1.93 bits per heavy atom. The van der Waals surface area contributed by atoms with Crippen molar-refractivity contribution >= 4 is 5.97 Å². The maximum Gasteiger partial charge on any atom is 0.303 e. The lowest BCUT2D eigenvalue weighted by Gasteiger charge is -2.11. The fraction of sp³-hybridized carbons (Fsp3) is 0.462. The van der Waals surface area contributed by atoms with Crippen LogP contribution in [0.1, 0.15) is 43.2 Å². The Labute approximate surface area is 90.9 Å². The molecule has 0 saturated heterocycles. The smallest absolute Gasteiger partial charge is 0.303 e. The number of carboxylic acid groups (broad SMARTS) is 1. The normalized spacial score (nSPS) is 12.4. The van der Waals surface area contributed by atoms with Gasteiger partial charge in [-0.1, -0.05) is 36.8 Å². The first-order valence-electron chi connectivity index (χ1n) is 5.38. The second-order valence-corrected chi connectivity index (χ2v) is 4.10. The zero-order valence-electron chi connectivity index (χ0n) is 9.36. The minimum absolute atomic E-state index is 0.274. The fourth-order valence-electron chi connectivity index (χ4n) is 1.62. The van der Waals surface area contributed by atoms with Gasteiger partial charge in [0.1, 0.15) is 0 Å². The van der Waals surface area contributed by atoms with E-state index in [4.69, 9.17) is 5.11 Å². The average molecular weight is 206 g/mol. The number of hydrogen-bond donors (Lipinski definition) is 1. The summed E-state index contributed by atoms with van der Waals surface area (Å²) in [5, 5.41) is 8.53. The summed E-state index contributed by atoms with van der Waals surface area (Å²) in [6.07, 6.45) is 1.97. The van der Waals surface area contributed by atoms with Crippen LogP contribution in [0.5, 0.6) is 0 Å². The molecule has 0 heterocycles. The van der Waals surface area contributed by atoms with Crippen molar-refractivity contribution in [3.8, 4) is 0 Å². The Hall–Kier alpha value is -1.31. The van der Waals surface area contributed by atoms with Crippen molar-refractivity contribution in [1.29, 1.82) is 0 Å². The van der Waals surface area contributed by atoms with Crippen molar-refractivity contribution < 1.29 is 9.90 Å². The first-order valence-corrected chi connectivity index (χ1v) is 5.38. The lowest BCUT2D eigenvalue weighted by molar-refractivity contribution is -0.137. The van der Waals surface area contributed by atoms with Gasteiger partial charge in [-0.3, -0.25) is 4.79 Å². The van der Waals surface area contributed by atoms with E-state index in [0.717, 1.165) is 12.8 Å². The van der Waals surface area contributed by atoms with Crippen LogP contribution in [0.4, 0.5) is 0 Å². The van der Waals surface area contributed by atoms with Gasteiger partial charge in [-0.15, -0.1) is 0 Å². The van der Waals surface area contributed by atoms with Crippen molar-refractivity contribution in [2.45, 2.75) is 39.0 Å². The summed E-state index contributed by atoms with van der Waals surface area (Å²) < 4.78 is 0. The van der Waals surface area contributed by atoms with Crippen LogP contribution in [0.3, 0.4) is 0 Å². The number of benzene rings is 1. The van der Waals surface area contributed by atoms with E-state index in [2.05, 4.69) is 38.1 Å². The van der Waals surface area contributed by atoms with E-state index in [0.29, 0.717) is 5.92 Å². The predicted octanol–water partition coefficient (Wildman–Crippen LogP) is 3.35. The third-order valence-corrected chi connectivity index (χ3v) is 2.67. The molecule has 2 heteroatoms. The van der Waals surface area contributed by atoms with Gasteiger partial charge in [0.2, 0.25) is 0 Å². The molecule has 2 nitrogen and oxygen atoms in total. The Bertz CT molecular complexity index is 314. The van der Waals surface area contributed by atoms with Gasteiger partial charge in [0.25, 0.3) is 0 Å². The maximum atomic E-state index is 10.4. The van der Waals surface area contributed by atoms with Crippen LogP contribution < -0.4 is 0 Å². The van der Waals surface area contributed by atoms with E-state index >= 15 is 0 Å². The van der Waals surface area contributed by atoms with Gasteiger partial charge in [0.15, 0.2) is 0 Å². The molecule has 1 rings (SSSR count). The summed E-state index contributed by atoms with van der Waals surface area (Å²) >= 11 is 0. The van der Waals surface area contributed by atoms with Gasteiger partial charge in [-0.05, 0) is 31.2 Å². The third-order valence-electron chi connectivity index (χ3n) is 2.67. The molecule has 0 aromatic heterocycles. The molecule has 0 fully saturated rings. The first-order chi connectivity index (χ1) is 7.09. The third kappa shape index (κ3) is 4.15.